The van der Waals surface area contributed by atoms with Crippen molar-refractivity contribution in [2.45, 2.75) is 32.3 Å². The Morgan fingerprint density at radius 3 is 2.39 bits per heavy atom. The summed E-state index contributed by atoms with van der Waals surface area (Å²) in [7, 11) is 0. The van der Waals surface area contributed by atoms with Gasteiger partial charge in [-0.3, -0.25) is 10.1 Å². The molecule has 0 aromatic heterocycles. The standard InChI is InChI=1S/C26H26N2O3/c1-2-19-16-24(19)20-10-6-12-22(14-20)27-25(29)21-11-7-13-23(15-21)28-26(30)31-17-18-8-4-3-5-9-18/h3-15,19,24H,2,16-17H2,1H3,(H,27,29)(H,28,30)/t19-,24+/m0/s1. The average molecular weight is 415 g/mol. The van der Waals surface area contributed by atoms with Gasteiger partial charge < -0.3 is 10.1 Å². The van der Waals surface area contributed by atoms with Gasteiger partial charge in [-0.1, -0.05) is 61.9 Å². The lowest BCUT2D eigenvalue weighted by Crippen LogP contribution is -2.15. The quantitative estimate of drug-likeness (QED) is 0.484. The number of anilines is 2. The maximum absolute atomic E-state index is 12.7. The van der Waals surface area contributed by atoms with Crippen LogP contribution in [-0.4, -0.2) is 12.0 Å². The van der Waals surface area contributed by atoms with Crippen LogP contribution in [-0.2, 0) is 11.3 Å². The zero-order valence-corrected chi connectivity index (χ0v) is 17.5. The number of rotatable bonds is 7. The van der Waals surface area contributed by atoms with E-state index in [1.54, 1.807) is 24.3 Å². The maximum Gasteiger partial charge on any atom is 0.411 e. The van der Waals surface area contributed by atoms with Crippen LogP contribution in [0.25, 0.3) is 0 Å². The molecule has 1 fully saturated rings. The Balaban J connectivity index is 1.35. The zero-order valence-electron chi connectivity index (χ0n) is 17.5. The predicted molar refractivity (Wildman–Crippen MR) is 122 cm³/mol. The van der Waals surface area contributed by atoms with Gasteiger partial charge in [0, 0.05) is 16.9 Å². The van der Waals surface area contributed by atoms with E-state index in [0.717, 1.165) is 17.2 Å². The van der Waals surface area contributed by atoms with E-state index in [-0.39, 0.29) is 12.5 Å². The molecule has 0 bridgehead atoms. The van der Waals surface area contributed by atoms with Crippen molar-refractivity contribution in [2.24, 2.45) is 5.92 Å². The van der Waals surface area contributed by atoms with Crippen LogP contribution < -0.4 is 10.6 Å². The summed E-state index contributed by atoms with van der Waals surface area (Å²) in [6, 6.07) is 24.3. The number of hydrogen-bond acceptors (Lipinski definition) is 3. The van der Waals surface area contributed by atoms with Crippen molar-refractivity contribution in [3.05, 3.63) is 95.6 Å². The average Bonchev–Trinajstić information content (AvgIpc) is 3.59. The molecule has 1 aliphatic rings. The maximum atomic E-state index is 12.7. The van der Waals surface area contributed by atoms with E-state index in [4.69, 9.17) is 4.74 Å². The summed E-state index contributed by atoms with van der Waals surface area (Å²) in [6.45, 7) is 2.40. The molecule has 0 heterocycles. The highest BCUT2D eigenvalue weighted by Gasteiger charge is 2.36. The molecule has 1 aliphatic carbocycles. The van der Waals surface area contributed by atoms with Crippen LogP contribution >= 0.6 is 0 Å². The first-order valence-electron chi connectivity index (χ1n) is 10.6. The first kappa shape index (κ1) is 20.7. The molecule has 158 valence electrons. The molecule has 31 heavy (non-hydrogen) atoms. The first-order chi connectivity index (χ1) is 15.1. The molecule has 0 unspecified atom stereocenters. The van der Waals surface area contributed by atoms with Crippen molar-refractivity contribution >= 4 is 23.4 Å². The molecule has 2 amide bonds. The summed E-state index contributed by atoms with van der Waals surface area (Å²) in [5, 5.41) is 5.63. The van der Waals surface area contributed by atoms with Crippen LogP contribution in [0.5, 0.6) is 0 Å². The number of ether oxygens (including phenoxy) is 1. The molecule has 2 atom stereocenters. The highest BCUT2D eigenvalue weighted by molar-refractivity contribution is 6.05. The normalized spacial score (nSPS) is 16.9. The fourth-order valence-electron chi connectivity index (χ4n) is 3.77. The van der Waals surface area contributed by atoms with Gasteiger partial charge in [-0.25, -0.2) is 4.79 Å². The lowest BCUT2D eigenvalue weighted by Gasteiger charge is -2.10. The van der Waals surface area contributed by atoms with Crippen molar-refractivity contribution in [1.82, 2.24) is 0 Å². The molecule has 1 saturated carbocycles. The number of benzene rings is 3. The van der Waals surface area contributed by atoms with E-state index in [2.05, 4.69) is 29.7 Å². The van der Waals surface area contributed by atoms with Gasteiger partial charge in [0.2, 0.25) is 0 Å². The van der Waals surface area contributed by atoms with Crippen LogP contribution in [0.4, 0.5) is 16.2 Å². The molecule has 3 aromatic carbocycles. The van der Waals surface area contributed by atoms with Gasteiger partial charge in [0.15, 0.2) is 0 Å². The molecule has 0 aliphatic heterocycles. The minimum atomic E-state index is -0.566. The van der Waals surface area contributed by atoms with E-state index in [1.807, 2.05) is 42.5 Å². The molecular formula is C26H26N2O3. The predicted octanol–water partition coefficient (Wildman–Crippen LogP) is 6.20. The molecule has 0 saturated heterocycles. The van der Waals surface area contributed by atoms with Gasteiger partial charge in [0.05, 0.1) is 0 Å². The van der Waals surface area contributed by atoms with Gasteiger partial charge in [-0.05, 0) is 59.7 Å². The number of nitrogens with one attached hydrogen (secondary N) is 2. The summed E-state index contributed by atoms with van der Waals surface area (Å²) >= 11 is 0. The van der Waals surface area contributed by atoms with Crippen LogP contribution in [0.3, 0.4) is 0 Å². The number of carbonyl (C=O) groups excluding carboxylic acids is 2. The Bertz CT molecular complexity index is 1070. The van der Waals surface area contributed by atoms with E-state index >= 15 is 0 Å². The summed E-state index contributed by atoms with van der Waals surface area (Å²) in [5.74, 6) is 1.15. The highest BCUT2D eigenvalue weighted by Crippen LogP contribution is 2.49. The topological polar surface area (TPSA) is 67.4 Å². The van der Waals surface area contributed by atoms with Crippen molar-refractivity contribution in [3.8, 4) is 0 Å². The second-order valence-electron chi connectivity index (χ2n) is 7.86. The third-order valence-corrected chi connectivity index (χ3v) is 5.60. The Labute approximate surface area is 182 Å². The SMILES string of the molecule is CC[C@H]1C[C@H]1c1cccc(NC(=O)c2cccc(NC(=O)OCc3ccccc3)c2)c1. The highest BCUT2D eigenvalue weighted by atomic mass is 16.5. The second kappa shape index (κ2) is 9.47. The lowest BCUT2D eigenvalue weighted by atomic mass is 10.1. The van der Waals surface area contributed by atoms with Gasteiger partial charge in [0.25, 0.3) is 5.91 Å². The van der Waals surface area contributed by atoms with Gasteiger partial charge in [-0.15, -0.1) is 0 Å². The fraction of sp³-hybridized carbons (Fsp3) is 0.231. The molecule has 2 N–H and O–H groups in total. The Morgan fingerprint density at radius 1 is 0.903 bits per heavy atom. The van der Waals surface area contributed by atoms with Crippen LogP contribution in [0.1, 0.15) is 47.2 Å². The summed E-state index contributed by atoms with van der Waals surface area (Å²) in [5.41, 5.74) is 3.93. The number of hydrogen-bond donors (Lipinski definition) is 2. The van der Waals surface area contributed by atoms with Crippen molar-refractivity contribution in [3.63, 3.8) is 0 Å². The number of amides is 2. The molecule has 4 rings (SSSR count). The van der Waals surface area contributed by atoms with Crippen LogP contribution in [0.15, 0.2) is 78.9 Å². The summed E-state index contributed by atoms with van der Waals surface area (Å²) in [6.07, 6.45) is 1.85. The van der Waals surface area contributed by atoms with Crippen molar-refractivity contribution in [2.75, 3.05) is 10.6 Å². The largest absolute Gasteiger partial charge is 0.444 e. The minimum Gasteiger partial charge on any atom is -0.444 e. The van der Waals surface area contributed by atoms with E-state index < -0.39 is 6.09 Å². The molecule has 5 nitrogen and oxygen atoms in total. The fourth-order valence-corrected chi connectivity index (χ4v) is 3.77. The second-order valence-corrected chi connectivity index (χ2v) is 7.86. The minimum absolute atomic E-state index is 0.184. The van der Waals surface area contributed by atoms with E-state index in [1.165, 1.54) is 18.4 Å². The van der Waals surface area contributed by atoms with Gasteiger partial charge in [0.1, 0.15) is 6.61 Å². The first-order valence-corrected chi connectivity index (χ1v) is 10.6. The molecular weight excluding hydrogens is 388 g/mol. The smallest absolute Gasteiger partial charge is 0.411 e. The zero-order chi connectivity index (χ0) is 21.6. The number of carbonyl (C=O) groups is 2. The van der Waals surface area contributed by atoms with Crippen LogP contribution in [0.2, 0.25) is 0 Å². The van der Waals surface area contributed by atoms with Crippen molar-refractivity contribution < 1.29 is 14.3 Å². The summed E-state index contributed by atoms with van der Waals surface area (Å²) < 4.78 is 5.24. The Hall–Kier alpha value is -3.60. The van der Waals surface area contributed by atoms with E-state index in [0.29, 0.717) is 17.2 Å². The Kier molecular flexibility index (Phi) is 6.32. The monoisotopic (exact) mass is 414 g/mol. The molecule has 0 radical (unpaired) electrons. The van der Waals surface area contributed by atoms with Gasteiger partial charge in [-0.2, -0.15) is 0 Å². The Morgan fingerprint density at radius 2 is 1.65 bits per heavy atom. The third-order valence-electron chi connectivity index (χ3n) is 5.60. The van der Waals surface area contributed by atoms with Gasteiger partial charge >= 0.3 is 6.09 Å². The molecule has 3 aromatic rings. The van der Waals surface area contributed by atoms with E-state index in [9.17, 15) is 9.59 Å². The third kappa shape index (κ3) is 5.51. The molecule has 5 heteroatoms. The van der Waals surface area contributed by atoms with Crippen molar-refractivity contribution in [1.29, 1.82) is 0 Å². The molecule has 0 spiro atoms. The van der Waals surface area contributed by atoms with Crippen LogP contribution in [0, 0.1) is 5.92 Å². The lowest BCUT2D eigenvalue weighted by molar-refractivity contribution is 0.102. The summed E-state index contributed by atoms with van der Waals surface area (Å²) in [4.78, 5) is 24.8.